The Morgan fingerprint density at radius 3 is 2.68 bits per heavy atom. The van der Waals surface area contributed by atoms with E-state index >= 15 is 0 Å². The Morgan fingerprint density at radius 1 is 1.16 bits per heavy atom. The van der Waals surface area contributed by atoms with Crippen LogP contribution in [0.2, 0.25) is 0 Å². The number of aryl methyl sites for hydroxylation is 1. The molecule has 1 aliphatic heterocycles. The first-order valence-corrected chi connectivity index (χ1v) is 8.89. The summed E-state index contributed by atoms with van der Waals surface area (Å²) in [4.78, 5) is 25.6. The van der Waals surface area contributed by atoms with E-state index in [0.717, 1.165) is 25.9 Å². The first kappa shape index (κ1) is 15.9. The lowest BCUT2D eigenvalue weighted by molar-refractivity contribution is 0.0741. The molecule has 0 spiro atoms. The maximum atomic E-state index is 12.7. The van der Waals surface area contributed by atoms with Gasteiger partial charge in [-0.1, -0.05) is 12.1 Å². The fraction of sp³-hybridized carbons (Fsp3) is 0.421. The van der Waals surface area contributed by atoms with Gasteiger partial charge in [0, 0.05) is 44.1 Å². The lowest BCUT2D eigenvalue weighted by Crippen LogP contribution is -2.49. The van der Waals surface area contributed by atoms with Crippen molar-refractivity contribution in [1.29, 1.82) is 0 Å². The average molecular weight is 337 g/mol. The highest BCUT2D eigenvalue weighted by Gasteiger charge is 2.25. The highest BCUT2D eigenvalue weighted by molar-refractivity contribution is 5.92. The van der Waals surface area contributed by atoms with Crippen molar-refractivity contribution in [3.8, 4) is 0 Å². The van der Waals surface area contributed by atoms with Crippen LogP contribution in [0.25, 0.3) is 0 Å². The molecule has 1 N–H and O–H groups in total. The van der Waals surface area contributed by atoms with Crippen molar-refractivity contribution in [1.82, 2.24) is 14.9 Å². The van der Waals surface area contributed by atoms with Gasteiger partial charge in [-0.15, -0.1) is 0 Å². The van der Waals surface area contributed by atoms with Gasteiger partial charge in [-0.2, -0.15) is 0 Å². The monoisotopic (exact) mass is 337 g/mol. The number of carbonyl (C=O) groups is 1. The molecule has 130 valence electrons. The second-order valence-corrected chi connectivity index (χ2v) is 6.80. The van der Waals surface area contributed by atoms with Crippen LogP contribution >= 0.6 is 0 Å². The molecule has 2 aliphatic rings. The summed E-state index contributed by atoms with van der Waals surface area (Å²) < 4.78 is 0. The summed E-state index contributed by atoms with van der Waals surface area (Å²) in [6.45, 7) is 5.21. The summed E-state index contributed by atoms with van der Waals surface area (Å²) >= 11 is 0. The number of carbonyl (C=O) groups excluding carboxylic acids is 1. The number of nitrogens with one attached hydrogen (secondary N) is 1. The van der Waals surface area contributed by atoms with Crippen molar-refractivity contribution < 1.29 is 4.79 Å². The molecule has 4 rings (SSSR count). The third-order valence-electron chi connectivity index (χ3n) is 4.72. The van der Waals surface area contributed by atoms with Crippen LogP contribution in [-0.2, 0) is 0 Å². The van der Waals surface area contributed by atoms with Gasteiger partial charge in [0.1, 0.15) is 5.69 Å². The Labute approximate surface area is 147 Å². The van der Waals surface area contributed by atoms with Crippen LogP contribution in [0.5, 0.6) is 0 Å². The predicted molar refractivity (Wildman–Crippen MR) is 98.0 cm³/mol. The smallest absolute Gasteiger partial charge is 0.272 e. The molecule has 2 aromatic rings. The van der Waals surface area contributed by atoms with Gasteiger partial charge in [0.05, 0.1) is 0 Å². The number of piperazine rings is 1. The largest absolute Gasteiger partial charge is 0.368 e. The molecule has 1 saturated heterocycles. The van der Waals surface area contributed by atoms with Gasteiger partial charge in [0.15, 0.2) is 0 Å². The van der Waals surface area contributed by atoms with Gasteiger partial charge in [0.25, 0.3) is 5.91 Å². The SMILES string of the molecule is Cc1cccc(N2CCN(C(=O)c3ccnc(NC4CC4)n3)CC2)c1. The summed E-state index contributed by atoms with van der Waals surface area (Å²) in [6, 6.07) is 10.7. The minimum Gasteiger partial charge on any atom is -0.368 e. The van der Waals surface area contributed by atoms with E-state index in [9.17, 15) is 4.79 Å². The summed E-state index contributed by atoms with van der Waals surface area (Å²) in [6.07, 6.45) is 3.97. The maximum absolute atomic E-state index is 12.7. The number of benzene rings is 1. The number of hydrogen-bond acceptors (Lipinski definition) is 5. The van der Waals surface area contributed by atoms with Crippen molar-refractivity contribution in [2.45, 2.75) is 25.8 Å². The number of rotatable bonds is 4. The predicted octanol–water partition coefficient (Wildman–Crippen LogP) is 2.32. The van der Waals surface area contributed by atoms with Gasteiger partial charge in [-0.05, 0) is 43.5 Å². The van der Waals surface area contributed by atoms with Crippen LogP contribution < -0.4 is 10.2 Å². The Morgan fingerprint density at radius 2 is 1.96 bits per heavy atom. The molecule has 2 heterocycles. The average Bonchev–Trinajstić information content (AvgIpc) is 3.45. The second-order valence-electron chi connectivity index (χ2n) is 6.80. The van der Waals surface area contributed by atoms with Crippen LogP contribution in [0.1, 0.15) is 28.9 Å². The third-order valence-corrected chi connectivity index (χ3v) is 4.72. The lowest BCUT2D eigenvalue weighted by Gasteiger charge is -2.36. The van der Waals surface area contributed by atoms with E-state index in [2.05, 4.69) is 51.4 Å². The van der Waals surface area contributed by atoms with Gasteiger partial charge < -0.3 is 15.1 Å². The Hall–Kier alpha value is -2.63. The van der Waals surface area contributed by atoms with E-state index in [1.165, 1.54) is 11.3 Å². The summed E-state index contributed by atoms with van der Waals surface area (Å²) in [5.74, 6) is 0.553. The molecule has 6 nitrogen and oxygen atoms in total. The van der Waals surface area contributed by atoms with Crippen LogP contribution in [0.4, 0.5) is 11.6 Å². The van der Waals surface area contributed by atoms with E-state index in [-0.39, 0.29) is 5.91 Å². The molecule has 1 aromatic heterocycles. The number of nitrogens with zero attached hydrogens (tertiary/aromatic N) is 4. The van der Waals surface area contributed by atoms with Crippen LogP contribution in [0.15, 0.2) is 36.5 Å². The van der Waals surface area contributed by atoms with Crippen LogP contribution in [0, 0.1) is 6.92 Å². The first-order valence-electron chi connectivity index (χ1n) is 8.89. The van der Waals surface area contributed by atoms with Crippen molar-refractivity contribution in [3.63, 3.8) is 0 Å². The van der Waals surface area contributed by atoms with Gasteiger partial charge in [-0.3, -0.25) is 4.79 Å². The number of anilines is 2. The van der Waals surface area contributed by atoms with Gasteiger partial charge >= 0.3 is 0 Å². The number of amides is 1. The molecule has 0 radical (unpaired) electrons. The van der Waals surface area contributed by atoms with Crippen LogP contribution in [0.3, 0.4) is 0 Å². The second kappa shape index (κ2) is 6.70. The summed E-state index contributed by atoms with van der Waals surface area (Å²) in [7, 11) is 0. The quantitative estimate of drug-likeness (QED) is 0.928. The Bertz CT molecular complexity index is 766. The first-order chi connectivity index (χ1) is 12.2. The van der Waals surface area contributed by atoms with E-state index < -0.39 is 0 Å². The fourth-order valence-electron chi connectivity index (χ4n) is 3.11. The molecule has 2 fully saturated rings. The zero-order valence-electron chi connectivity index (χ0n) is 14.5. The highest BCUT2D eigenvalue weighted by atomic mass is 16.2. The molecule has 1 aliphatic carbocycles. The molecular formula is C19H23N5O. The summed E-state index contributed by atoms with van der Waals surface area (Å²) in [5, 5.41) is 3.25. The minimum atomic E-state index is -0.00913. The molecule has 0 bridgehead atoms. The molecule has 1 saturated carbocycles. The van der Waals surface area contributed by atoms with Gasteiger partial charge in [0.2, 0.25) is 5.95 Å². The zero-order valence-corrected chi connectivity index (χ0v) is 14.5. The zero-order chi connectivity index (χ0) is 17.2. The fourth-order valence-corrected chi connectivity index (χ4v) is 3.11. The van der Waals surface area contributed by atoms with E-state index in [0.29, 0.717) is 30.8 Å². The van der Waals surface area contributed by atoms with E-state index in [1.54, 1.807) is 12.3 Å². The third kappa shape index (κ3) is 3.73. The van der Waals surface area contributed by atoms with Crippen molar-refractivity contribution >= 4 is 17.5 Å². The van der Waals surface area contributed by atoms with Crippen molar-refractivity contribution in [2.24, 2.45) is 0 Å². The van der Waals surface area contributed by atoms with E-state index in [1.807, 2.05) is 4.90 Å². The lowest BCUT2D eigenvalue weighted by atomic mass is 10.2. The summed E-state index contributed by atoms with van der Waals surface area (Å²) in [5.41, 5.74) is 2.96. The van der Waals surface area contributed by atoms with Crippen molar-refractivity contribution in [3.05, 3.63) is 47.8 Å². The molecule has 0 atom stereocenters. The van der Waals surface area contributed by atoms with E-state index in [4.69, 9.17) is 0 Å². The topological polar surface area (TPSA) is 61.4 Å². The molecule has 1 amide bonds. The molecule has 25 heavy (non-hydrogen) atoms. The van der Waals surface area contributed by atoms with Crippen molar-refractivity contribution in [2.75, 3.05) is 36.4 Å². The Kier molecular flexibility index (Phi) is 4.26. The molecule has 1 aromatic carbocycles. The minimum absolute atomic E-state index is 0.00913. The van der Waals surface area contributed by atoms with Crippen LogP contribution in [-0.4, -0.2) is 53.0 Å². The standard InChI is InChI=1S/C19H23N5O/c1-14-3-2-4-16(13-14)23-9-11-24(12-10-23)18(25)17-7-8-20-19(22-17)21-15-5-6-15/h2-4,7-8,13,15H,5-6,9-12H2,1H3,(H,20,21,22). The molecular weight excluding hydrogens is 314 g/mol. The Balaban J connectivity index is 1.39. The van der Waals surface area contributed by atoms with Gasteiger partial charge in [-0.25, -0.2) is 9.97 Å². The molecule has 0 unspecified atom stereocenters. The molecule has 6 heteroatoms. The maximum Gasteiger partial charge on any atom is 0.272 e. The normalized spacial score (nSPS) is 17.5. The number of aromatic nitrogens is 2. The highest BCUT2D eigenvalue weighted by Crippen LogP contribution is 2.23. The number of hydrogen-bond donors (Lipinski definition) is 1.